The van der Waals surface area contributed by atoms with Crippen LogP contribution in [0.3, 0.4) is 0 Å². The standard InChI is InChI=1S/C13H19N3O3/c1-3-6-13(2,14)12(19)16-10-5-4-9(15-8-10)7-11(17)18/h4-5,8H,3,6-7,14H2,1-2H3,(H,16,19)(H,17,18). The van der Waals surface area contributed by atoms with Crippen molar-refractivity contribution in [3.8, 4) is 0 Å². The molecule has 0 bridgehead atoms. The maximum absolute atomic E-state index is 11.9. The summed E-state index contributed by atoms with van der Waals surface area (Å²) >= 11 is 0. The summed E-state index contributed by atoms with van der Waals surface area (Å²) < 4.78 is 0. The third-order valence-corrected chi connectivity index (χ3v) is 2.70. The number of aromatic nitrogens is 1. The molecule has 0 aliphatic carbocycles. The second kappa shape index (κ2) is 6.29. The maximum Gasteiger partial charge on any atom is 0.309 e. The highest BCUT2D eigenvalue weighted by Gasteiger charge is 2.27. The van der Waals surface area contributed by atoms with Crippen LogP contribution in [0.25, 0.3) is 0 Å². The Bertz CT molecular complexity index is 455. The highest BCUT2D eigenvalue weighted by Crippen LogP contribution is 2.13. The van der Waals surface area contributed by atoms with Gasteiger partial charge < -0.3 is 16.2 Å². The number of carbonyl (C=O) groups is 2. The van der Waals surface area contributed by atoms with Crippen molar-refractivity contribution in [3.05, 3.63) is 24.0 Å². The molecule has 0 aliphatic heterocycles. The Balaban J connectivity index is 2.67. The van der Waals surface area contributed by atoms with Crippen molar-refractivity contribution < 1.29 is 14.7 Å². The lowest BCUT2D eigenvalue weighted by molar-refractivity contribution is -0.136. The van der Waals surface area contributed by atoms with E-state index in [1.165, 1.54) is 6.20 Å². The monoisotopic (exact) mass is 265 g/mol. The normalized spacial score (nSPS) is 13.6. The van der Waals surface area contributed by atoms with E-state index >= 15 is 0 Å². The molecule has 6 heteroatoms. The molecule has 1 aromatic rings. The zero-order chi connectivity index (χ0) is 14.5. The summed E-state index contributed by atoms with van der Waals surface area (Å²) in [5.41, 5.74) is 5.93. The highest BCUT2D eigenvalue weighted by atomic mass is 16.4. The number of nitrogens with one attached hydrogen (secondary N) is 1. The number of nitrogens with zero attached hydrogens (tertiary/aromatic N) is 1. The molecule has 0 aliphatic rings. The number of anilines is 1. The van der Waals surface area contributed by atoms with E-state index in [2.05, 4.69) is 10.3 Å². The molecule has 1 unspecified atom stereocenters. The largest absolute Gasteiger partial charge is 0.481 e. The minimum atomic E-state index is -0.943. The minimum Gasteiger partial charge on any atom is -0.481 e. The Morgan fingerprint density at radius 3 is 2.63 bits per heavy atom. The van der Waals surface area contributed by atoms with E-state index in [1.807, 2.05) is 6.92 Å². The molecule has 1 atom stereocenters. The second-order valence-electron chi connectivity index (χ2n) is 4.73. The average Bonchev–Trinajstić information content (AvgIpc) is 2.30. The molecule has 104 valence electrons. The fourth-order valence-corrected chi connectivity index (χ4v) is 1.66. The topological polar surface area (TPSA) is 105 Å². The fraction of sp³-hybridized carbons (Fsp3) is 0.462. The van der Waals surface area contributed by atoms with Crippen molar-refractivity contribution in [1.29, 1.82) is 0 Å². The fourth-order valence-electron chi connectivity index (χ4n) is 1.66. The SMILES string of the molecule is CCCC(C)(N)C(=O)Nc1ccc(CC(=O)O)nc1. The number of carboxylic acid groups (broad SMARTS) is 1. The van der Waals surface area contributed by atoms with Crippen LogP contribution in [-0.4, -0.2) is 27.5 Å². The van der Waals surface area contributed by atoms with Crippen molar-refractivity contribution in [1.82, 2.24) is 4.98 Å². The van der Waals surface area contributed by atoms with Crippen LogP contribution in [0.4, 0.5) is 5.69 Å². The lowest BCUT2D eigenvalue weighted by Crippen LogP contribution is -2.48. The number of amides is 1. The molecule has 1 heterocycles. The van der Waals surface area contributed by atoms with Gasteiger partial charge in [0.25, 0.3) is 0 Å². The Labute approximate surface area is 112 Å². The first kappa shape index (κ1) is 15.1. The molecule has 6 nitrogen and oxygen atoms in total. The zero-order valence-electron chi connectivity index (χ0n) is 11.1. The molecule has 0 fully saturated rings. The molecule has 1 aromatic heterocycles. The molecule has 0 spiro atoms. The summed E-state index contributed by atoms with van der Waals surface area (Å²) in [4.78, 5) is 26.4. The van der Waals surface area contributed by atoms with Gasteiger partial charge in [-0.25, -0.2) is 0 Å². The third-order valence-electron chi connectivity index (χ3n) is 2.70. The molecule has 4 N–H and O–H groups in total. The van der Waals surface area contributed by atoms with Crippen LogP contribution in [0, 0.1) is 0 Å². The smallest absolute Gasteiger partial charge is 0.309 e. The van der Waals surface area contributed by atoms with Gasteiger partial charge in [0, 0.05) is 0 Å². The maximum atomic E-state index is 11.9. The van der Waals surface area contributed by atoms with Gasteiger partial charge in [-0.2, -0.15) is 0 Å². The first-order valence-electron chi connectivity index (χ1n) is 6.12. The lowest BCUT2D eigenvalue weighted by atomic mass is 9.96. The van der Waals surface area contributed by atoms with Crippen LogP contribution in [-0.2, 0) is 16.0 Å². The first-order chi connectivity index (χ1) is 8.85. The Hall–Kier alpha value is -1.95. The van der Waals surface area contributed by atoms with E-state index in [4.69, 9.17) is 10.8 Å². The number of hydrogen-bond acceptors (Lipinski definition) is 4. The predicted molar refractivity (Wildman–Crippen MR) is 71.7 cm³/mol. The second-order valence-corrected chi connectivity index (χ2v) is 4.73. The summed E-state index contributed by atoms with van der Waals surface area (Å²) in [7, 11) is 0. The van der Waals surface area contributed by atoms with Crippen molar-refractivity contribution in [2.75, 3.05) is 5.32 Å². The van der Waals surface area contributed by atoms with Gasteiger partial charge in [-0.3, -0.25) is 14.6 Å². The van der Waals surface area contributed by atoms with Crippen molar-refractivity contribution >= 4 is 17.6 Å². The van der Waals surface area contributed by atoms with Crippen molar-refractivity contribution in [3.63, 3.8) is 0 Å². The van der Waals surface area contributed by atoms with Crippen LogP contribution >= 0.6 is 0 Å². The van der Waals surface area contributed by atoms with Gasteiger partial charge in [-0.15, -0.1) is 0 Å². The van der Waals surface area contributed by atoms with E-state index in [9.17, 15) is 9.59 Å². The van der Waals surface area contributed by atoms with Gasteiger partial charge in [0.15, 0.2) is 0 Å². The van der Waals surface area contributed by atoms with E-state index in [0.717, 1.165) is 6.42 Å². The molecule has 0 saturated carbocycles. The molecule has 1 amide bonds. The summed E-state index contributed by atoms with van der Waals surface area (Å²) in [6.45, 7) is 3.64. The van der Waals surface area contributed by atoms with Crippen LogP contribution in [0.5, 0.6) is 0 Å². The van der Waals surface area contributed by atoms with Crippen LogP contribution in [0.15, 0.2) is 18.3 Å². The minimum absolute atomic E-state index is 0.140. The van der Waals surface area contributed by atoms with Gasteiger partial charge in [0.2, 0.25) is 5.91 Å². The Kier molecular flexibility index (Phi) is 5.00. The average molecular weight is 265 g/mol. The molecule has 0 aromatic carbocycles. The van der Waals surface area contributed by atoms with Gasteiger partial charge in [-0.05, 0) is 25.5 Å². The summed E-state index contributed by atoms with van der Waals surface area (Å²) in [6.07, 6.45) is 2.69. The summed E-state index contributed by atoms with van der Waals surface area (Å²) in [5, 5.41) is 11.3. The Morgan fingerprint density at radius 1 is 1.47 bits per heavy atom. The third kappa shape index (κ3) is 4.67. The molecule has 0 saturated heterocycles. The van der Waals surface area contributed by atoms with E-state index in [1.54, 1.807) is 19.1 Å². The number of carbonyl (C=O) groups excluding carboxylic acids is 1. The quantitative estimate of drug-likeness (QED) is 0.716. The molecular formula is C13H19N3O3. The van der Waals surface area contributed by atoms with E-state index in [0.29, 0.717) is 17.8 Å². The lowest BCUT2D eigenvalue weighted by Gasteiger charge is -2.22. The van der Waals surface area contributed by atoms with Gasteiger partial charge in [0.1, 0.15) is 0 Å². The summed E-state index contributed by atoms with van der Waals surface area (Å²) in [5.74, 6) is -1.22. The number of carboxylic acids is 1. The predicted octanol–water partition coefficient (Wildman–Crippen LogP) is 1.16. The van der Waals surface area contributed by atoms with Gasteiger partial charge >= 0.3 is 5.97 Å². The molecule has 19 heavy (non-hydrogen) atoms. The zero-order valence-corrected chi connectivity index (χ0v) is 11.1. The number of rotatable bonds is 6. The van der Waals surface area contributed by atoms with Crippen LogP contribution < -0.4 is 11.1 Å². The highest BCUT2D eigenvalue weighted by molar-refractivity contribution is 5.97. The number of hydrogen-bond donors (Lipinski definition) is 3. The van der Waals surface area contributed by atoms with E-state index in [-0.39, 0.29) is 12.3 Å². The Morgan fingerprint density at radius 2 is 2.16 bits per heavy atom. The van der Waals surface area contributed by atoms with Gasteiger partial charge in [-0.1, -0.05) is 13.3 Å². The molecule has 1 rings (SSSR count). The van der Waals surface area contributed by atoms with Gasteiger partial charge in [0.05, 0.1) is 29.5 Å². The van der Waals surface area contributed by atoms with Crippen molar-refractivity contribution in [2.45, 2.75) is 38.6 Å². The first-order valence-corrected chi connectivity index (χ1v) is 6.12. The number of nitrogens with two attached hydrogens (primary N) is 1. The number of pyridine rings is 1. The number of aliphatic carboxylic acids is 1. The molecular weight excluding hydrogens is 246 g/mol. The van der Waals surface area contributed by atoms with E-state index < -0.39 is 11.5 Å². The summed E-state index contributed by atoms with van der Waals surface area (Å²) in [6, 6.07) is 3.18. The molecule has 0 radical (unpaired) electrons. The van der Waals surface area contributed by atoms with Crippen molar-refractivity contribution in [2.24, 2.45) is 5.73 Å². The van der Waals surface area contributed by atoms with Crippen LogP contribution in [0.2, 0.25) is 0 Å². The van der Waals surface area contributed by atoms with Crippen LogP contribution in [0.1, 0.15) is 32.4 Å².